The molecule has 0 radical (unpaired) electrons. The Morgan fingerprint density at radius 3 is 1.89 bits per heavy atom. The quantitative estimate of drug-likeness (QED) is 0.376. The van der Waals surface area contributed by atoms with E-state index < -0.39 is 0 Å². The molecule has 0 heterocycles. The van der Waals surface area contributed by atoms with Crippen LogP contribution in [0.2, 0.25) is 0 Å². The SMILES string of the molecule is COCCOC.[Cl-].[Cl-].[Cl-].[Zr+4].c1ccc2[cH-]ccc2c1. The molecule has 2 rings (SSSR count). The molecule has 0 aliphatic heterocycles. The molecular weight excluding hydrogens is 386 g/mol. The second-order valence-corrected chi connectivity index (χ2v) is 3.14. The fraction of sp³-hybridized carbons (Fsp3) is 0.308. The summed E-state index contributed by atoms with van der Waals surface area (Å²) in [5.74, 6) is 0. The van der Waals surface area contributed by atoms with Gasteiger partial charge < -0.3 is 46.7 Å². The van der Waals surface area contributed by atoms with Crippen LogP contribution < -0.4 is 37.2 Å². The van der Waals surface area contributed by atoms with Crippen molar-refractivity contribution in [2.45, 2.75) is 0 Å². The first-order chi connectivity index (χ1) is 7.38. The first-order valence-corrected chi connectivity index (χ1v) is 4.97. The van der Waals surface area contributed by atoms with Gasteiger partial charge in [0.1, 0.15) is 0 Å². The van der Waals surface area contributed by atoms with Gasteiger partial charge in [-0.15, -0.1) is 29.7 Å². The topological polar surface area (TPSA) is 18.5 Å². The molecular formula is C13H17Cl3O2Zr. The Kier molecular flexibility index (Phi) is 27.1. The Hall–Kier alpha value is 0.503. The van der Waals surface area contributed by atoms with Crippen LogP contribution in [0.4, 0.5) is 0 Å². The normalized spacial score (nSPS) is 7.68. The van der Waals surface area contributed by atoms with Crippen molar-refractivity contribution in [2.75, 3.05) is 27.4 Å². The van der Waals surface area contributed by atoms with Gasteiger partial charge in [-0.2, -0.15) is 17.5 Å². The number of fused-ring (bicyclic) bond motifs is 1. The van der Waals surface area contributed by atoms with Gasteiger partial charge >= 0.3 is 26.2 Å². The molecule has 0 saturated heterocycles. The Morgan fingerprint density at radius 1 is 0.895 bits per heavy atom. The summed E-state index contributed by atoms with van der Waals surface area (Å²) >= 11 is 0. The van der Waals surface area contributed by atoms with Crippen molar-refractivity contribution in [3.05, 3.63) is 42.5 Å². The van der Waals surface area contributed by atoms with E-state index in [1.165, 1.54) is 10.8 Å². The summed E-state index contributed by atoms with van der Waals surface area (Å²) in [4.78, 5) is 0. The Bertz CT molecular complexity index is 348. The van der Waals surface area contributed by atoms with Gasteiger partial charge in [0.05, 0.1) is 13.2 Å². The van der Waals surface area contributed by atoms with Crippen molar-refractivity contribution in [1.82, 2.24) is 0 Å². The van der Waals surface area contributed by atoms with E-state index in [0.717, 1.165) is 0 Å². The smallest absolute Gasteiger partial charge is 1.00 e. The van der Waals surface area contributed by atoms with Crippen LogP contribution in [0, 0.1) is 0 Å². The van der Waals surface area contributed by atoms with E-state index >= 15 is 0 Å². The fourth-order valence-corrected chi connectivity index (χ4v) is 1.24. The Labute approximate surface area is 153 Å². The minimum Gasteiger partial charge on any atom is -1.00 e. The van der Waals surface area contributed by atoms with Gasteiger partial charge in [-0.25, -0.2) is 0 Å². The van der Waals surface area contributed by atoms with Crippen molar-refractivity contribution in [3.8, 4) is 0 Å². The zero-order valence-electron chi connectivity index (χ0n) is 10.9. The molecule has 19 heavy (non-hydrogen) atoms. The van der Waals surface area contributed by atoms with Gasteiger partial charge in [0.25, 0.3) is 0 Å². The molecule has 2 aromatic carbocycles. The van der Waals surface area contributed by atoms with Crippen molar-refractivity contribution in [2.24, 2.45) is 0 Å². The van der Waals surface area contributed by atoms with Gasteiger partial charge in [0.2, 0.25) is 0 Å². The summed E-state index contributed by atoms with van der Waals surface area (Å²) in [5, 5.41) is 2.66. The number of hydrogen-bond acceptors (Lipinski definition) is 2. The third-order valence-electron chi connectivity index (χ3n) is 2.04. The van der Waals surface area contributed by atoms with Gasteiger partial charge in [-0.1, -0.05) is 6.07 Å². The first kappa shape index (κ1) is 27.8. The molecule has 0 amide bonds. The second-order valence-electron chi connectivity index (χ2n) is 3.14. The average molecular weight is 403 g/mol. The zero-order valence-corrected chi connectivity index (χ0v) is 15.6. The largest absolute Gasteiger partial charge is 4.00 e. The van der Waals surface area contributed by atoms with Crippen molar-refractivity contribution < 1.29 is 72.9 Å². The summed E-state index contributed by atoms with van der Waals surface area (Å²) in [5.41, 5.74) is 0. The average Bonchev–Trinajstić information content (AvgIpc) is 2.75. The molecule has 0 saturated carbocycles. The Balaban J connectivity index is -0.000000104. The summed E-state index contributed by atoms with van der Waals surface area (Å²) in [6.45, 7) is 1.38. The molecule has 0 aromatic heterocycles. The predicted molar refractivity (Wildman–Crippen MR) is 63.3 cm³/mol. The third kappa shape index (κ3) is 12.0. The maximum absolute atomic E-state index is 4.66. The molecule has 6 heteroatoms. The van der Waals surface area contributed by atoms with E-state index in [9.17, 15) is 0 Å². The number of ether oxygens (including phenoxy) is 2. The van der Waals surface area contributed by atoms with E-state index in [1.807, 2.05) is 0 Å². The van der Waals surface area contributed by atoms with Crippen molar-refractivity contribution in [1.29, 1.82) is 0 Å². The maximum Gasteiger partial charge on any atom is 4.00 e. The molecule has 106 valence electrons. The monoisotopic (exact) mass is 400 g/mol. The van der Waals surface area contributed by atoms with Crippen LogP contribution in [0.3, 0.4) is 0 Å². The van der Waals surface area contributed by atoms with E-state index in [2.05, 4.69) is 51.9 Å². The van der Waals surface area contributed by atoms with E-state index in [0.29, 0.717) is 13.2 Å². The summed E-state index contributed by atoms with van der Waals surface area (Å²) < 4.78 is 9.31. The number of hydrogen-bond donors (Lipinski definition) is 0. The number of rotatable bonds is 3. The molecule has 0 aliphatic carbocycles. The first-order valence-electron chi connectivity index (χ1n) is 4.97. The van der Waals surface area contributed by atoms with Crippen LogP contribution in [0.15, 0.2) is 42.5 Å². The zero-order chi connectivity index (χ0) is 10.9. The predicted octanol–water partition coefficient (Wildman–Crippen LogP) is -6.15. The minimum absolute atomic E-state index is 0. The number of benzene rings is 1. The van der Waals surface area contributed by atoms with Crippen LogP contribution in [0.1, 0.15) is 0 Å². The second kappa shape index (κ2) is 18.5. The van der Waals surface area contributed by atoms with Gasteiger partial charge in [0.15, 0.2) is 0 Å². The standard InChI is InChI=1S/C9H7.C4H10O2.3ClH.Zr/c1-2-5-9-7-3-6-8(9)4-1;1-5-3-4-6-2;;;;/h1-7H;3-4H2,1-2H3;3*1H;/q-1;;;;;+4/p-3. The molecule has 2 aromatic rings. The third-order valence-corrected chi connectivity index (χ3v) is 2.04. The summed E-state index contributed by atoms with van der Waals surface area (Å²) in [7, 11) is 3.30. The molecule has 0 bridgehead atoms. The van der Waals surface area contributed by atoms with E-state index in [4.69, 9.17) is 0 Å². The molecule has 0 N–H and O–H groups in total. The molecule has 0 fully saturated rings. The summed E-state index contributed by atoms with van der Waals surface area (Å²) in [6, 6.07) is 14.7. The molecule has 2 nitrogen and oxygen atoms in total. The maximum atomic E-state index is 4.66. The Morgan fingerprint density at radius 2 is 1.42 bits per heavy atom. The molecule has 0 spiro atoms. The molecule has 0 aliphatic rings. The van der Waals surface area contributed by atoms with Crippen LogP contribution >= 0.6 is 0 Å². The molecule has 0 atom stereocenters. The van der Waals surface area contributed by atoms with E-state index in [1.54, 1.807) is 14.2 Å². The van der Waals surface area contributed by atoms with Gasteiger partial charge in [-0.05, 0) is 0 Å². The fourth-order valence-electron chi connectivity index (χ4n) is 1.24. The van der Waals surface area contributed by atoms with Crippen molar-refractivity contribution >= 4 is 10.8 Å². The van der Waals surface area contributed by atoms with Gasteiger partial charge in [-0.3, -0.25) is 0 Å². The van der Waals surface area contributed by atoms with Crippen LogP contribution in [0.25, 0.3) is 10.8 Å². The number of methoxy groups -OCH3 is 2. The van der Waals surface area contributed by atoms with Crippen molar-refractivity contribution in [3.63, 3.8) is 0 Å². The summed E-state index contributed by atoms with van der Waals surface area (Å²) in [6.07, 6.45) is 0. The minimum atomic E-state index is 0. The number of halogens is 3. The van der Waals surface area contributed by atoms with Crippen LogP contribution in [0.5, 0.6) is 0 Å². The van der Waals surface area contributed by atoms with Gasteiger partial charge in [0, 0.05) is 14.2 Å². The molecule has 0 unspecified atom stereocenters. The van der Waals surface area contributed by atoms with E-state index in [-0.39, 0.29) is 63.4 Å². The van der Waals surface area contributed by atoms with Crippen LogP contribution in [-0.4, -0.2) is 27.4 Å². The van der Waals surface area contributed by atoms with Crippen LogP contribution in [-0.2, 0) is 35.7 Å².